The van der Waals surface area contributed by atoms with E-state index in [1.807, 2.05) is 6.07 Å². The molecule has 0 heterocycles. The Bertz CT molecular complexity index is 344. The van der Waals surface area contributed by atoms with Crippen molar-refractivity contribution in [3.8, 4) is 6.07 Å². The molecule has 0 spiro atoms. The zero-order chi connectivity index (χ0) is 9.90. The molecule has 3 N–H and O–H groups in total. The first-order valence-corrected chi connectivity index (χ1v) is 4.00. The van der Waals surface area contributed by atoms with Crippen LogP contribution in [-0.2, 0) is 5.54 Å². The SMILES string of the molecule is C[C@](N)(CO)c1cccc(C#N)c1.Cl. The number of rotatable bonds is 2. The van der Waals surface area contributed by atoms with Crippen LogP contribution in [0.1, 0.15) is 18.1 Å². The summed E-state index contributed by atoms with van der Waals surface area (Å²) in [6.07, 6.45) is 0. The maximum atomic E-state index is 9.00. The van der Waals surface area contributed by atoms with Crippen molar-refractivity contribution in [2.24, 2.45) is 5.73 Å². The summed E-state index contributed by atoms with van der Waals surface area (Å²) >= 11 is 0. The largest absolute Gasteiger partial charge is 0.394 e. The summed E-state index contributed by atoms with van der Waals surface area (Å²) in [6.45, 7) is 1.59. The number of nitrogens with zero attached hydrogens (tertiary/aromatic N) is 1. The third kappa shape index (κ3) is 2.71. The summed E-state index contributed by atoms with van der Waals surface area (Å²) in [5.41, 5.74) is 6.36. The molecule has 0 unspecified atom stereocenters. The van der Waals surface area contributed by atoms with Crippen LogP contribution in [0.25, 0.3) is 0 Å². The zero-order valence-corrected chi connectivity index (χ0v) is 8.71. The second-order valence-electron chi connectivity index (χ2n) is 3.27. The van der Waals surface area contributed by atoms with Crippen LogP contribution in [0, 0.1) is 11.3 Å². The van der Waals surface area contributed by atoms with Crippen LogP contribution < -0.4 is 5.73 Å². The highest BCUT2D eigenvalue weighted by Crippen LogP contribution is 2.17. The fourth-order valence-electron chi connectivity index (χ4n) is 1.04. The van der Waals surface area contributed by atoms with Crippen molar-refractivity contribution in [3.05, 3.63) is 35.4 Å². The molecule has 0 aromatic heterocycles. The predicted octanol–water partition coefficient (Wildman–Crippen LogP) is 1.15. The molecule has 4 heteroatoms. The van der Waals surface area contributed by atoms with Gasteiger partial charge in [0.2, 0.25) is 0 Å². The highest BCUT2D eigenvalue weighted by molar-refractivity contribution is 5.85. The lowest BCUT2D eigenvalue weighted by atomic mass is 9.93. The molecule has 1 atom stereocenters. The van der Waals surface area contributed by atoms with E-state index in [0.717, 1.165) is 5.56 Å². The molecule has 0 radical (unpaired) electrons. The van der Waals surface area contributed by atoms with Crippen molar-refractivity contribution in [2.45, 2.75) is 12.5 Å². The second kappa shape index (κ2) is 4.97. The van der Waals surface area contributed by atoms with E-state index in [4.69, 9.17) is 16.1 Å². The highest BCUT2D eigenvalue weighted by atomic mass is 35.5. The van der Waals surface area contributed by atoms with E-state index in [9.17, 15) is 0 Å². The lowest BCUT2D eigenvalue weighted by Crippen LogP contribution is -2.36. The topological polar surface area (TPSA) is 70.0 Å². The van der Waals surface area contributed by atoms with Crippen LogP contribution in [-0.4, -0.2) is 11.7 Å². The summed E-state index contributed by atoms with van der Waals surface area (Å²) in [4.78, 5) is 0. The van der Waals surface area contributed by atoms with Crippen LogP contribution in [0.3, 0.4) is 0 Å². The van der Waals surface area contributed by atoms with Gasteiger partial charge < -0.3 is 10.8 Å². The number of hydrogen-bond acceptors (Lipinski definition) is 3. The highest BCUT2D eigenvalue weighted by Gasteiger charge is 2.19. The van der Waals surface area contributed by atoms with Gasteiger partial charge in [0.15, 0.2) is 0 Å². The second-order valence-corrected chi connectivity index (χ2v) is 3.27. The normalized spacial score (nSPS) is 13.6. The summed E-state index contributed by atoms with van der Waals surface area (Å²) in [5.74, 6) is 0. The molecule has 0 aliphatic rings. The number of halogens is 1. The van der Waals surface area contributed by atoms with Gasteiger partial charge in [0.1, 0.15) is 0 Å². The average molecular weight is 213 g/mol. The standard InChI is InChI=1S/C10H12N2O.ClH/c1-10(12,7-13)9-4-2-3-8(5-9)6-11;/h2-5,13H,7,12H2,1H3;1H/t10-;/m0./s1. The van der Waals surface area contributed by atoms with E-state index in [1.165, 1.54) is 0 Å². The quantitative estimate of drug-likeness (QED) is 0.773. The van der Waals surface area contributed by atoms with Gasteiger partial charge in [-0.3, -0.25) is 0 Å². The number of nitrogens with two attached hydrogens (primary N) is 1. The Morgan fingerprint density at radius 3 is 2.71 bits per heavy atom. The minimum absolute atomic E-state index is 0. The number of hydrogen-bond donors (Lipinski definition) is 2. The van der Waals surface area contributed by atoms with Gasteiger partial charge in [0.05, 0.1) is 23.8 Å². The molecule has 0 aliphatic heterocycles. The molecule has 0 bridgehead atoms. The molecule has 0 saturated carbocycles. The van der Waals surface area contributed by atoms with E-state index in [-0.39, 0.29) is 19.0 Å². The lowest BCUT2D eigenvalue weighted by molar-refractivity contribution is 0.210. The van der Waals surface area contributed by atoms with Crippen LogP contribution in [0.2, 0.25) is 0 Å². The molecule has 0 saturated heterocycles. The summed E-state index contributed by atoms with van der Waals surface area (Å²) in [5, 5.41) is 17.7. The Morgan fingerprint density at radius 1 is 1.57 bits per heavy atom. The van der Waals surface area contributed by atoms with Gasteiger partial charge in [-0.05, 0) is 24.6 Å². The minimum Gasteiger partial charge on any atom is -0.394 e. The smallest absolute Gasteiger partial charge is 0.0991 e. The van der Waals surface area contributed by atoms with E-state index >= 15 is 0 Å². The van der Waals surface area contributed by atoms with Crippen molar-refractivity contribution < 1.29 is 5.11 Å². The maximum Gasteiger partial charge on any atom is 0.0991 e. The predicted molar refractivity (Wildman–Crippen MR) is 57.0 cm³/mol. The average Bonchev–Trinajstić information content (AvgIpc) is 2.18. The first kappa shape index (κ1) is 12.9. The van der Waals surface area contributed by atoms with Crippen molar-refractivity contribution in [2.75, 3.05) is 6.61 Å². The Morgan fingerprint density at radius 2 is 2.21 bits per heavy atom. The third-order valence-corrected chi connectivity index (χ3v) is 1.98. The van der Waals surface area contributed by atoms with E-state index < -0.39 is 5.54 Å². The van der Waals surface area contributed by atoms with Crippen LogP contribution in [0.5, 0.6) is 0 Å². The Labute approximate surface area is 89.6 Å². The first-order chi connectivity index (χ1) is 6.10. The fourth-order valence-corrected chi connectivity index (χ4v) is 1.04. The van der Waals surface area contributed by atoms with Crippen molar-refractivity contribution in [1.29, 1.82) is 5.26 Å². The first-order valence-electron chi connectivity index (χ1n) is 4.00. The lowest BCUT2D eigenvalue weighted by Gasteiger charge is -2.22. The molecular formula is C10H13ClN2O. The number of nitriles is 1. The van der Waals surface area contributed by atoms with Crippen LogP contribution in [0.4, 0.5) is 0 Å². The maximum absolute atomic E-state index is 9.00. The number of aliphatic hydroxyl groups is 1. The Balaban J connectivity index is 0.00000169. The Hall–Kier alpha value is -1.08. The number of aliphatic hydroxyl groups excluding tert-OH is 1. The molecule has 3 nitrogen and oxygen atoms in total. The van der Waals surface area contributed by atoms with Gasteiger partial charge in [-0.2, -0.15) is 5.26 Å². The summed E-state index contributed by atoms with van der Waals surface area (Å²) < 4.78 is 0. The fraction of sp³-hybridized carbons (Fsp3) is 0.300. The Kier molecular flexibility index (Phi) is 4.58. The molecule has 14 heavy (non-hydrogen) atoms. The van der Waals surface area contributed by atoms with Gasteiger partial charge in [-0.25, -0.2) is 0 Å². The third-order valence-electron chi connectivity index (χ3n) is 1.98. The molecule has 76 valence electrons. The molecule has 0 amide bonds. The van der Waals surface area contributed by atoms with Crippen LogP contribution >= 0.6 is 12.4 Å². The van der Waals surface area contributed by atoms with Crippen LogP contribution in [0.15, 0.2) is 24.3 Å². The van der Waals surface area contributed by atoms with Gasteiger partial charge in [-0.1, -0.05) is 12.1 Å². The minimum atomic E-state index is -0.771. The van der Waals surface area contributed by atoms with Crippen molar-refractivity contribution in [1.82, 2.24) is 0 Å². The summed E-state index contributed by atoms with van der Waals surface area (Å²) in [7, 11) is 0. The molecule has 0 fully saturated rings. The van der Waals surface area contributed by atoms with Gasteiger partial charge >= 0.3 is 0 Å². The van der Waals surface area contributed by atoms with Gasteiger partial charge in [0, 0.05) is 0 Å². The monoisotopic (exact) mass is 212 g/mol. The van der Waals surface area contributed by atoms with Crippen molar-refractivity contribution in [3.63, 3.8) is 0 Å². The summed E-state index contributed by atoms with van der Waals surface area (Å²) in [6, 6.07) is 8.98. The number of benzene rings is 1. The van der Waals surface area contributed by atoms with Gasteiger partial charge in [0.25, 0.3) is 0 Å². The molecule has 1 rings (SSSR count). The van der Waals surface area contributed by atoms with E-state index in [1.54, 1.807) is 31.2 Å². The van der Waals surface area contributed by atoms with Crippen molar-refractivity contribution >= 4 is 12.4 Å². The van der Waals surface area contributed by atoms with Gasteiger partial charge in [-0.15, -0.1) is 12.4 Å². The molecule has 1 aromatic rings. The van der Waals surface area contributed by atoms with E-state index in [2.05, 4.69) is 0 Å². The molecule has 1 aromatic carbocycles. The van der Waals surface area contributed by atoms with E-state index in [0.29, 0.717) is 5.56 Å². The zero-order valence-electron chi connectivity index (χ0n) is 7.90. The molecular weight excluding hydrogens is 200 g/mol. The molecule has 0 aliphatic carbocycles.